The second-order valence-electron chi connectivity index (χ2n) is 8.41. The molecule has 1 saturated carbocycles. The van der Waals surface area contributed by atoms with Gasteiger partial charge < -0.3 is 9.80 Å². The van der Waals surface area contributed by atoms with Crippen LogP contribution in [0, 0.1) is 12.8 Å². The van der Waals surface area contributed by atoms with Gasteiger partial charge in [-0.15, -0.1) is 0 Å². The van der Waals surface area contributed by atoms with Crippen LogP contribution in [0.25, 0.3) is 0 Å². The van der Waals surface area contributed by atoms with E-state index in [1.54, 1.807) is 0 Å². The van der Waals surface area contributed by atoms with Crippen molar-refractivity contribution in [2.45, 2.75) is 51.6 Å². The molecule has 3 fully saturated rings. The molecule has 1 unspecified atom stereocenters. The summed E-state index contributed by atoms with van der Waals surface area (Å²) in [5, 5.41) is 0. The first-order valence-electron chi connectivity index (χ1n) is 10.5. The normalized spacial score (nSPS) is 24.1. The van der Waals surface area contributed by atoms with E-state index >= 15 is 0 Å². The summed E-state index contributed by atoms with van der Waals surface area (Å²) in [4.78, 5) is 32.0. The number of piperazine rings is 1. The van der Waals surface area contributed by atoms with Gasteiger partial charge in [0.05, 0.1) is 0 Å². The molecule has 0 bridgehead atoms. The van der Waals surface area contributed by atoms with E-state index in [2.05, 4.69) is 36.1 Å². The lowest BCUT2D eigenvalue weighted by Gasteiger charge is -2.41. The number of hydrogen-bond acceptors (Lipinski definition) is 3. The number of carbonyl (C=O) groups is 2. The van der Waals surface area contributed by atoms with Crippen LogP contribution in [0.5, 0.6) is 0 Å². The van der Waals surface area contributed by atoms with Crippen LogP contribution in [0.1, 0.15) is 43.2 Å². The van der Waals surface area contributed by atoms with E-state index in [-0.39, 0.29) is 23.8 Å². The third-order valence-corrected chi connectivity index (χ3v) is 6.17. The smallest absolute Gasteiger partial charge is 0.245 e. The molecule has 5 nitrogen and oxygen atoms in total. The Morgan fingerprint density at radius 3 is 2.44 bits per heavy atom. The van der Waals surface area contributed by atoms with Crippen molar-refractivity contribution in [3.05, 3.63) is 35.4 Å². The number of rotatable bonds is 4. The summed E-state index contributed by atoms with van der Waals surface area (Å²) in [6.45, 7) is 7.18. The maximum absolute atomic E-state index is 13.1. The number of aryl methyl sites for hydroxylation is 1. The quantitative estimate of drug-likeness (QED) is 0.819. The van der Waals surface area contributed by atoms with Crippen LogP contribution >= 0.6 is 0 Å². The maximum Gasteiger partial charge on any atom is 0.245 e. The van der Waals surface area contributed by atoms with Crippen LogP contribution in [0.15, 0.2) is 24.3 Å². The predicted octanol–water partition coefficient (Wildman–Crippen LogP) is 2.43. The van der Waals surface area contributed by atoms with Crippen LogP contribution in [0.4, 0.5) is 0 Å². The van der Waals surface area contributed by atoms with Crippen molar-refractivity contribution in [1.29, 1.82) is 0 Å². The van der Waals surface area contributed by atoms with Gasteiger partial charge in [0.15, 0.2) is 0 Å². The minimum atomic E-state index is -0.213. The van der Waals surface area contributed by atoms with E-state index in [1.165, 1.54) is 11.1 Å². The molecule has 2 aliphatic heterocycles. The predicted molar refractivity (Wildman–Crippen MR) is 105 cm³/mol. The molecule has 0 spiro atoms. The van der Waals surface area contributed by atoms with Crippen molar-refractivity contribution in [1.82, 2.24) is 14.7 Å². The van der Waals surface area contributed by atoms with Gasteiger partial charge in [-0.3, -0.25) is 14.5 Å². The number of benzene rings is 1. The molecule has 4 rings (SSSR count). The van der Waals surface area contributed by atoms with Gasteiger partial charge >= 0.3 is 0 Å². The molecule has 2 amide bonds. The second-order valence-corrected chi connectivity index (χ2v) is 8.41. The van der Waals surface area contributed by atoms with E-state index in [1.807, 2.05) is 9.80 Å². The molecule has 3 aliphatic rings. The Labute approximate surface area is 162 Å². The molecule has 0 N–H and O–H groups in total. The molecular weight excluding hydrogens is 338 g/mol. The van der Waals surface area contributed by atoms with E-state index < -0.39 is 0 Å². The zero-order valence-corrected chi connectivity index (χ0v) is 16.4. The Morgan fingerprint density at radius 1 is 0.963 bits per heavy atom. The molecule has 27 heavy (non-hydrogen) atoms. The Hall–Kier alpha value is -1.88. The summed E-state index contributed by atoms with van der Waals surface area (Å²) in [5.41, 5.74) is 2.63. The van der Waals surface area contributed by atoms with Crippen molar-refractivity contribution in [2.24, 2.45) is 5.92 Å². The maximum atomic E-state index is 13.1. The highest BCUT2D eigenvalue weighted by molar-refractivity contribution is 5.89. The summed E-state index contributed by atoms with van der Waals surface area (Å²) in [6, 6.07) is 8.43. The highest BCUT2D eigenvalue weighted by atomic mass is 16.2. The van der Waals surface area contributed by atoms with Crippen molar-refractivity contribution >= 4 is 11.8 Å². The standard InChI is InChI=1S/C22H31N3O2/c1-17-5-4-6-18(15-17)16-23-11-13-24(14-12-23)22(27)20-7-2-3-10-25(20)21(26)19-8-9-19/h4-6,15,19-20H,2-3,7-14,16H2,1H3. The minimum Gasteiger partial charge on any atom is -0.338 e. The number of carbonyl (C=O) groups excluding carboxylic acids is 2. The molecule has 146 valence electrons. The highest BCUT2D eigenvalue weighted by Gasteiger charge is 2.41. The van der Waals surface area contributed by atoms with Crippen molar-refractivity contribution in [3.63, 3.8) is 0 Å². The summed E-state index contributed by atoms with van der Waals surface area (Å²) in [6.07, 6.45) is 4.94. The molecule has 1 aromatic carbocycles. The summed E-state index contributed by atoms with van der Waals surface area (Å²) in [5.74, 6) is 0.606. The number of hydrogen-bond donors (Lipinski definition) is 0. The number of amides is 2. The first kappa shape index (κ1) is 18.5. The SMILES string of the molecule is Cc1cccc(CN2CCN(C(=O)C3CCCCN3C(=O)C3CC3)CC2)c1. The minimum absolute atomic E-state index is 0.180. The third-order valence-electron chi connectivity index (χ3n) is 6.17. The number of piperidine rings is 1. The van der Waals surface area contributed by atoms with E-state index in [4.69, 9.17) is 0 Å². The van der Waals surface area contributed by atoms with Crippen LogP contribution in [-0.2, 0) is 16.1 Å². The molecular formula is C22H31N3O2. The Balaban J connectivity index is 1.32. The van der Waals surface area contributed by atoms with Crippen molar-refractivity contribution in [2.75, 3.05) is 32.7 Å². The first-order valence-corrected chi connectivity index (χ1v) is 10.5. The van der Waals surface area contributed by atoms with E-state index in [0.717, 1.165) is 71.4 Å². The Bertz CT molecular complexity index is 693. The van der Waals surface area contributed by atoms with Gasteiger partial charge in [0.2, 0.25) is 11.8 Å². The Morgan fingerprint density at radius 2 is 1.74 bits per heavy atom. The van der Waals surface area contributed by atoms with Crippen LogP contribution < -0.4 is 0 Å². The highest BCUT2D eigenvalue weighted by Crippen LogP contribution is 2.33. The monoisotopic (exact) mass is 369 g/mol. The molecule has 0 aromatic heterocycles. The summed E-state index contributed by atoms with van der Waals surface area (Å²) in [7, 11) is 0. The van der Waals surface area contributed by atoms with Gasteiger partial charge in [0, 0.05) is 45.2 Å². The van der Waals surface area contributed by atoms with Crippen LogP contribution in [0.3, 0.4) is 0 Å². The van der Waals surface area contributed by atoms with Gasteiger partial charge in [-0.1, -0.05) is 29.8 Å². The van der Waals surface area contributed by atoms with Gasteiger partial charge in [-0.2, -0.15) is 0 Å². The molecule has 2 saturated heterocycles. The number of likely N-dealkylation sites (tertiary alicyclic amines) is 1. The lowest BCUT2D eigenvalue weighted by atomic mass is 9.99. The molecule has 2 heterocycles. The zero-order valence-electron chi connectivity index (χ0n) is 16.4. The molecule has 1 atom stereocenters. The summed E-state index contributed by atoms with van der Waals surface area (Å²) < 4.78 is 0. The molecule has 0 radical (unpaired) electrons. The Kier molecular flexibility index (Phi) is 5.48. The van der Waals surface area contributed by atoms with Crippen molar-refractivity contribution < 1.29 is 9.59 Å². The third kappa shape index (κ3) is 4.34. The molecule has 5 heteroatoms. The second kappa shape index (κ2) is 8.01. The average molecular weight is 370 g/mol. The van der Waals surface area contributed by atoms with E-state index in [9.17, 15) is 9.59 Å². The average Bonchev–Trinajstić information content (AvgIpc) is 3.53. The van der Waals surface area contributed by atoms with Crippen LogP contribution in [0.2, 0.25) is 0 Å². The first-order chi connectivity index (χ1) is 13.1. The lowest BCUT2D eigenvalue weighted by Crippen LogP contribution is -2.57. The fourth-order valence-corrected chi connectivity index (χ4v) is 4.42. The summed E-state index contributed by atoms with van der Waals surface area (Å²) >= 11 is 0. The molecule has 1 aromatic rings. The largest absolute Gasteiger partial charge is 0.338 e. The topological polar surface area (TPSA) is 43.9 Å². The van der Waals surface area contributed by atoms with Gasteiger partial charge in [0.1, 0.15) is 6.04 Å². The lowest BCUT2D eigenvalue weighted by molar-refractivity contribution is -0.149. The fourth-order valence-electron chi connectivity index (χ4n) is 4.42. The van der Waals surface area contributed by atoms with Crippen molar-refractivity contribution in [3.8, 4) is 0 Å². The van der Waals surface area contributed by atoms with Crippen LogP contribution in [-0.4, -0.2) is 65.3 Å². The van der Waals surface area contributed by atoms with E-state index in [0.29, 0.717) is 0 Å². The molecule has 1 aliphatic carbocycles. The van der Waals surface area contributed by atoms with Gasteiger partial charge in [0.25, 0.3) is 0 Å². The van der Waals surface area contributed by atoms with Gasteiger partial charge in [-0.05, 0) is 44.6 Å². The number of nitrogens with zero attached hydrogens (tertiary/aromatic N) is 3. The zero-order chi connectivity index (χ0) is 18.8. The fraction of sp³-hybridized carbons (Fsp3) is 0.636. The van der Waals surface area contributed by atoms with Gasteiger partial charge in [-0.25, -0.2) is 0 Å².